The van der Waals surface area contributed by atoms with Gasteiger partial charge in [0.1, 0.15) is 0 Å². The average Bonchev–Trinajstić information content (AvgIpc) is 3.06. The molecule has 6 heteroatoms. The summed E-state index contributed by atoms with van der Waals surface area (Å²) in [5.41, 5.74) is 1.78. The lowest BCUT2D eigenvalue weighted by Crippen LogP contribution is -2.39. The topological polar surface area (TPSA) is 52.3 Å². The molecule has 2 aromatic rings. The van der Waals surface area contributed by atoms with Crippen molar-refractivity contribution in [2.45, 2.75) is 44.3 Å². The van der Waals surface area contributed by atoms with Crippen molar-refractivity contribution in [2.24, 2.45) is 0 Å². The van der Waals surface area contributed by atoms with Gasteiger partial charge in [0.25, 0.3) is 0 Å². The van der Waals surface area contributed by atoms with E-state index in [9.17, 15) is 4.79 Å². The van der Waals surface area contributed by atoms with E-state index in [1.807, 2.05) is 16.7 Å². The second-order valence-electron chi connectivity index (χ2n) is 6.67. The Hall–Kier alpha value is -1.66. The van der Waals surface area contributed by atoms with Gasteiger partial charge < -0.3 is 4.74 Å². The molecule has 2 fully saturated rings. The fraction of sp³-hybridized carbons (Fsp3) is 0.647. The first-order valence-corrected chi connectivity index (χ1v) is 8.58. The molecular weight excluding hydrogens is 292 g/mol. The Kier molecular flexibility index (Phi) is 3.95. The number of ether oxygens (including phenoxy) is 1. The molecule has 3 heterocycles. The fourth-order valence-corrected chi connectivity index (χ4v) is 3.90. The number of imidazole rings is 1. The summed E-state index contributed by atoms with van der Waals surface area (Å²) >= 11 is 0. The highest BCUT2D eigenvalue weighted by Crippen LogP contribution is 2.32. The van der Waals surface area contributed by atoms with Crippen LogP contribution in [0, 0.1) is 0 Å². The Morgan fingerprint density at radius 1 is 1.30 bits per heavy atom. The molecule has 4 rings (SSSR count). The van der Waals surface area contributed by atoms with Crippen LogP contribution in [0.15, 0.2) is 23.1 Å². The smallest absolute Gasteiger partial charge is 0.330 e. The van der Waals surface area contributed by atoms with Crippen molar-refractivity contribution < 1.29 is 4.74 Å². The van der Waals surface area contributed by atoms with E-state index in [1.165, 1.54) is 19.3 Å². The fourth-order valence-electron chi connectivity index (χ4n) is 3.90. The molecule has 6 nitrogen and oxygen atoms in total. The maximum atomic E-state index is 13.0. The van der Waals surface area contributed by atoms with Gasteiger partial charge in [0.2, 0.25) is 0 Å². The molecule has 2 aliphatic rings. The van der Waals surface area contributed by atoms with E-state index >= 15 is 0 Å². The second kappa shape index (κ2) is 6.09. The number of likely N-dealkylation sites (tertiary alicyclic amines) is 1. The predicted octanol–water partition coefficient (Wildman–Crippen LogP) is 1.64. The molecule has 0 N–H and O–H groups in total. The number of rotatable bonds is 5. The Bertz CT molecular complexity index is 747. The number of methoxy groups -OCH3 is 1. The first-order valence-electron chi connectivity index (χ1n) is 8.58. The molecule has 0 radical (unpaired) electrons. The van der Waals surface area contributed by atoms with Crippen molar-refractivity contribution in [1.82, 2.24) is 19.0 Å². The number of hydrogen-bond donors (Lipinski definition) is 0. The summed E-state index contributed by atoms with van der Waals surface area (Å²) in [4.78, 5) is 20.0. The molecule has 23 heavy (non-hydrogen) atoms. The van der Waals surface area contributed by atoms with Gasteiger partial charge in [-0.2, -0.15) is 0 Å². The van der Waals surface area contributed by atoms with Crippen LogP contribution in [0.3, 0.4) is 0 Å². The van der Waals surface area contributed by atoms with E-state index in [4.69, 9.17) is 4.74 Å². The lowest BCUT2D eigenvalue weighted by molar-refractivity contribution is 0.153. The van der Waals surface area contributed by atoms with Crippen LogP contribution in [0.25, 0.3) is 11.2 Å². The molecular formula is C17H24N4O2. The lowest BCUT2D eigenvalue weighted by Gasteiger charge is -2.34. The minimum absolute atomic E-state index is 0.0520. The van der Waals surface area contributed by atoms with Crippen LogP contribution in [0.2, 0.25) is 0 Å². The van der Waals surface area contributed by atoms with E-state index < -0.39 is 0 Å². The van der Waals surface area contributed by atoms with Crippen molar-refractivity contribution in [2.75, 3.05) is 26.8 Å². The van der Waals surface area contributed by atoms with E-state index in [1.54, 1.807) is 17.9 Å². The Morgan fingerprint density at radius 2 is 2.17 bits per heavy atom. The zero-order valence-electron chi connectivity index (χ0n) is 13.6. The van der Waals surface area contributed by atoms with E-state index in [0.717, 1.165) is 36.7 Å². The maximum Gasteiger partial charge on any atom is 0.330 e. The Labute approximate surface area is 135 Å². The second-order valence-corrected chi connectivity index (χ2v) is 6.67. The summed E-state index contributed by atoms with van der Waals surface area (Å²) in [6.07, 6.45) is 6.79. The first kappa shape index (κ1) is 14.9. The highest BCUT2D eigenvalue weighted by molar-refractivity contribution is 5.71. The lowest BCUT2D eigenvalue weighted by atomic mass is 9.92. The molecule has 0 aromatic carbocycles. The summed E-state index contributed by atoms with van der Waals surface area (Å²) in [6.45, 7) is 3.18. The Morgan fingerprint density at radius 3 is 2.91 bits per heavy atom. The minimum Gasteiger partial charge on any atom is -0.383 e. The molecule has 0 unspecified atom stereocenters. The van der Waals surface area contributed by atoms with E-state index in [0.29, 0.717) is 13.2 Å². The highest BCUT2D eigenvalue weighted by Gasteiger charge is 2.34. The first-order chi connectivity index (χ1) is 11.3. The van der Waals surface area contributed by atoms with Gasteiger partial charge in [-0.25, -0.2) is 9.78 Å². The van der Waals surface area contributed by atoms with Gasteiger partial charge >= 0.3 is 5.69 Å². The van der Waals surface area contributed by atoms with Crippen LogP contribution in [-0.2, 0) is 11.3 Å². The normalized spacial score (nSPS) is 22.7. The SMILES string of the molecule is COCCn1c(=O)n([C@@H]2CCN(C3CCC3)C2)c2ncccc21. The molecule has 124 valence electrons. The third-order valence-corrected chi connectivity index (χ3v) is 5.39. The monoisotopic (exact) mass is 316 g/mol. The molecule has 1 atom stereocenters. The van der Waals surface area contributed by atoms with Crippen LogP contribution in [0.5, 0.6) is 0 Å². The Balaban J connectivity index is 1.69. The number of hydrogen-bond acceptors (Lipinski definition) is 4. The van der Waals surface area contributed by atoms with E-state index in [-0.39, 0.29) is 11.7 Å². The average molecular weight is 316 g/mol. The summed E-state index contributed by atoms with van der Waals surface area (Å²) in [5.74, 6) is 0. The zero-order chi connectivity index (χ0) is 15.8. The van der Waals surface area contributed by atoms with Gasteiger partial charge in [-0.05, 0) is 31.4 Å². The number of nitrogens with zero attached hydrogens (tertiary/aromatic N) is 4. The minimum atomic E-state index is 0.0520. The molecule has 1 aliphatic heterocycles. The summed E-state index contributed by atoms with van der Waals surface area (Å²) < 4.78 is 8.88. The van der Waals surface area contributed by atoms with Crippen molar-refractivity contribution in [3.8, 4) is 0 Å². The quantitative estimate of drug-likeness (QED) is 0.841. The summed E-state index contributed by atoms with van der Waals surface area (Å²) in [7, 11) is 1.66. The van der Waals surface area contributed by atoms with Crippen LogP contribution in [-0.4, -0.2) is 51.9 Å². The highest BCUT2D eigenvalue weighted by atomic mass is 16.5. The molecule has 1 aliphatic carbocycles. The van der Waals surface area contributed by atoms with Gasteiger partial charge in [0.05, 0.1) is 24.7 Å². The number of fused-ring (bicyclic) bond motifs is 1. The standard InChI is InChI=1S/C17H24N4O2/c1-23-11-10-20-15-6-3-8-18-16(15)21(17(20)22)14-7-9-19(12-14)13-4-2-5-13/h3,6,8,13-14H,2,4-5,7,9-12H2,1H3/t14-/m1/s1. The zero-order valence-corrected chi connectivity index (χ0v) is 13.6. The third-order valence-electron chi connectivity index (χ3n) is 5.39. The van der Waals surface area contributed by atoms with Gasteiger partial charge in [-0.1, -0.05) is 6.42 Å². The third kappa shape index (κ3) is 2.50. The van der Waals surface area contributed by atoms with Gasteiger partial charge in [-0.15, -0.1) is 0 Å². The predicted molar refractivity (Wildman–Crippen MR) is 88.7 cm³/mol. The summed E-state index contributed by atoms with van der Waals surface area (Å²) in [6, 6.07) is 4.86. The summed E-state index contributed by atoms with van der Waals surface area (Å²) in [5, 5.41) is 0. The van der Waals surface area contributed by atoms with Crippen molar-refractivity contribution in [3.05, 3.63) is 28.8 Å². The van der Waals surface area contributed by atoms with Crippen LogP contribution in [0.1, 0.15) is 31.7 Å². The number of aromatic nitrogens is 3. The molecule has 0 bridgehead atoms. The number of pyridine rings is 1. The van der Waals surface area contributed by atoms with E-state index in [2.05, 4.69) is 9.88 Å². The molecule has 0 spiro atoms. The molecule has 2 aromatic heterocycles. The molecule has 1 saturated heterocycles. The maximum absolute atomic E-state index is 13.0. The van der Waals surface area contributed by atoms with Gasteiger partial charge in [-0.3, -0.25) is 14.0 Å². The van der Waals surface area contributed by atoms with Crippen molar-refractivity contribution in [3.63, 3.8) is 0 Å². The van der Waals surface area contributed by atoms with Crippen LogP contribution < -0.4 is 5.69 Å². The largest absolute Gasteiger partial charge is 0.383 e. The van der Waals surface area contributed by atoms with Crippen molar-refractivity contribution >= 4 is 11.2 Å². The van der Waals surface area contributed by atoms with Crippen LogP contribution in [0.4, 0.5) is 0 Å². The van der Waals surface area contributed by atoms with Gasteiger partial charge in [0, 0.05) is 32.4 Å². The van der Waals surface area contributed by atoms with Crippen molar-refractivity contribution in [1.29, 1.82) is 0 Å². The molecule has 1 saturated carbocycles. The van der Waals surface area contributed by atoms with Crippen LogP contribution >= 0.6 is 0 Å². The molecule has 0 amide bonds. The van der Waals surface area contributed by atoms with Gasteiger partial charge in [0.15, 0.2) is 5.65 Å².